The van der Waals surface area contributed by atoms with Gasteiger partial charge in [-0.1, -0.05) is 57.6 Å². The van der Waals surface area contributed by atoms with E-state index in [2.05, 4.69) is 33.4 Å². The summed E-state index contributed by atoms with van der Waals surface area (Å²) in [5.74, 6) is 0.403. The standard InChI is InChI=1S/C17H16N4O.C6H10.C4H8.2C2H6.H2/c1-10-4-5-18-8-14(10)16-6-13-7-17(21-12(3)22)19-9-15(13)11(2)20-16;1-4-6(3)5-2;1-4(2)3;2*1-2;/h4-9H,1-3H3,(H,19,21,22);4-5H,1H2,2-3H3;1H2,2-3H3;2*1-2H3;1H/b;6-5-;;;;. The van der Waals surface area contributed by atoms with Crippen molar-refractivity contribution in [3.8, 4) is 11.3 Å². The second-order valence-corrected chi connectivity index (χ2v) is 7.70. The van der Waals surface area contributed by atoms with Crippen LogP contribution in [0.25, 0.3) is 22.0 Å². The molecule has 0 aliphatic heterocycles. The summed E-state index contributed by atoms with van der Waals surface area (Å²) in [7, 11) is 0. The SMILES string of the molecule is C=C(C)C.C=C/C(C)=C\C.CC.CC.CC(=O)Nc1cc2cc(-c3cnccc3C)nc(C)c2cn1.[HH]. The molecule has 36 heavy (non-hydrogen) atoms. The Morgan fingerprint density at radius 3 is 2.06 bits per heavy atom. The van der Waals surface area contributed by atoms with Crippen LogP contribution >= 0.6 is 0 Å². The number of fused-ring (bicyclic) bond motifs is 1. The Balaban J connectivity index is -0.000000649. The van der Waals surface area contributed by atoms with Gasteiger partial charge in [-0.05, 0) is 70.7 Å². The highest BCUT2D eigenvalue weighted by molar-refractivity contribution is 5.93. The average molecular weight is 493 g/mol. The van der Waals surface area contributed by atoms with E-state index in [0.717, 1.165) is 33.3 Å². The predicted molar refractivity (Wildman–Crippen MR) is 161 cm³/mol. The summed E-state index contributed by atoms with van der Waals surface area (Å²) in [4.78, 5) is 24.3. The number of aryl methyl sites for hydroxylation is 2. The van der Waals surface area contributed by atoms with Gasteiger partial charge >= 0.3 is 0 Å². The van der Waals surface area contributed by atoms with Gasteiger partial charge in [-0.25, -0.2) is 4.98 Å². The van der Waals surface area contributed by atoms with E-state index < -0.39 is 0 Å². The fourth-order valence-corrected chi connectivity index (χ4v) is 2.55. The van der Waals surface area contributed by atoms with Crippen LogP contribution in [0, 0.1) is 13.8 Å². The minimum atomic E-state index is -0.138. The van der Waals surface area contributed by atoms with Crippen LogP contribution in [0.4, 0.5) is 5.82 Å². The maximum atomic E-state index is 11.2. The first-order valence-electron chi connectivity index (χ1n) is 12.4. The number of hydrogen-bond donors (Lipinski definition) is 1. The molecule has 0 atom stereocenters. The largest absolute Gasteiger partial charge is 0.311 e. The lowest BCUT2D eigenvalue weighted by Crippen LogP contribution is -2.07. The molecule has 0 fully saturated rings. The van der Waals surface area contributed by atoms with E-state index in [1.807, 2.05) is 106 Å². The first-order chi connectivity index (χ1) is 17.1. The zero-order valence-electron chi connectivity index (χ0n) is 24.3. The molecule has 0 aliphatic rings. The van der Waals surface area contributed by atoms with E-state index in [-0.39, 0.29) is 7.33 Å². The lowest BCUT2D eigenvalue weighted by atomic mass is 10.0. The van der Waals surface area contributed by atoms with Gasteiger partial charge in [-0.15, -0.1) is 6.58 Å². The molecule has 5 nitrogen and oxygen atoms in total. The van der Waals surface area contributed by atoms with Gasteiger partial charge in [-0.2, -0.15) is 0 Å². The molecule has 1 N–H and O–H groups in total. The Bertz CT molecular complexity index is 1130. The maximum absolute atomic E-state index is 11.2. The van der Waals surface area contributed by atoms with Gasteiger partial charge in [0.05, 0.1) is 5.69 Å². The first-order valence-corrected chi connectivity index (χ1v) is 12.4. The number of rotatable bonds is 3. The fraction of sp³-hybridized carbons (Fsp3) is 0.355. The van der Waals surface area contributed by atoms with Gasteiger partial charge in [0.25, 0.3) is 0 Å². The Labute approximate surface area is 221 Å². The van der Waals surface area contributed by atoms with Gasteiger partial charge in [-0.3, -0.25) is 14.8 Å². The quantitative estimate of drug-likeness (QED) is 0.292. The summed E-state index contributed by atoms with van der Waals surface area (Å²) in [6, 6.07) is 5.83. The number of aromatic nitrogens is 3. The van der Waals surface area contributed by atoms with Gasteiger partial charge in [0.2, 0.25) is 5.91 Å². The summed E-state index contributed by atoms with van der Waals surface area (Å²) in [5, 5.41) is 4.67. The van der Waals surface area contributed by atoms with Crippen molar-refractivity contribution in [2.45, 2.75) is 76.2 Å². The number of carbonyl (C=O) groups excluding carboxylic acids is 1. The van der Waals surface area contributed by atoms with Crippen molar-refractivity contribution in [2.75, 3.05) is 5.32 Å². The summed E-state index contributed by atoms with van der Waals surface area (Å²) >= 11 is 0. The molecule has 1 amide bonds. The molecule has 0 saturated carbocycles. The van der Waals surface area contributed by atoms with Crippen LogP contribution < -0.4 is 5.32 Å². The van der Waals surface area contributed by atoms with Crippen LogP contribution in [-0.2, 0) is 4.79 Å². The van der Waals surface area contributed by atoms with Crippen molar-refractivity contribution in [2.24, 2.45) is 0 Å². The average Bonchev–Trinajstić information content (AvgIpc) is 2.85. The summed E-state index contributed by atoms with van der Waals surface area (Å²) in [5.41, 5.74) is 6.30. The molecule has 0 saturated heterocycles. The highest BCUT2D eigenvalue weighted by Crippen LogP contribution is 2.27. The molecule has 198 valence electrons. The van der Waals surface area contributed by atoms with Crippen LogP contribution in [0.1, 0.15) is 75.0 Å². The number of allylic oxidation sites excluding steroid dienone is 4. The zero-order valence-corrected chi connectivity index (χ0v) is 24.3. The van der Waals surface area contributed by atoms with Crippen molar-refractivity contribution in [3.05, 3.63) is 84.5 Å². The first kappa shape index (κ1) is 34.6. The van der Waals surface area contributed by atoms with Gasteiger partial charge in [0.15, 0.2) is 0 Å². The molecule has 5 heteroatoms. The highest BCUT2D eigenvalue weighted by atomic mass is 16.1. The zero-order chi connectivity index (χ0) is 28.3. The molecule has 0 unspecified atom stereocenters. The molecule has 0 radical (unpaired) electrons. The fourth-order valence-electron chi connectivity index (χ4n) is 2.55. The summed E-state index contributed by atoms with van der Waals surface area (Å²) in [6.45, 7) is 28.5. The predicted octanol–water partition coefficient (Wildman–Crippen LogP) is 9.29. The highest BCUT2D eigenvalue weighted by Gasteiger charge is 2.09. The molecule has 3 rings (SSSR count). The Kier molecular flexibility index (Phi) is 18.9. The van der Waals surface area contributed by atoms with Crippen molar-refractivity contribution in [1.29, 1.82) is 0 Å². The summed E-state index contributed by atoms with van der Waals surface area (Å²) < 4.78 is 0. The van der Waals surface area contributed by atoms with Crippen LogP contribution in [0.3, 0.4) is 0 Å². The number of nitrogens with one attached hydrogen (secondary N) is 1. The maximum Gasteiger partial charge on any atom is 0.222 e. The van der Waals surface area contributed by atoms with Crippen molar-refractivity contribution in [3.63, 3.8) is 0 Å². The third kappa shape index (κ3) is 13.3. The topological polar surface area (TPSA) is 67.8 Å². The number of amides is 1. The second-order valence-electron chi connectivity index (χ2n) is 7.70. The number of hydrogen-bond acceptors (Lipinski definition) is 4. The molecule has 0 aliphatic carbocycles. The van der Waals surface area contributed by atoms with E-state index in [4.69, 9.17) is 0 Å². The van der Waals surface area contributed by atoms with Crippen LogP contribution in [0.2, 0.25) is 0 Å². The Hall–Kier alpha value is -3.60. The molecule has 3 heterocycles. The minimum absolute atomic E-state index is 0. The van der Waals surface area contributed by atoms with Crippen LogP contribution in [-0.4, -0.2) is 20.9 Å². The number of pyridine rings is 3. The molecule has 0 spiro atoms. The van der Waals surface area contributed by atoms with E-state index in [0.29, 0.717) is 5.82 Å². The van der Waals surface area contributed by atoms with E-state index in [1.54, 1.807) is 12.4 Å². The van der Waals surface area contributed by atoms with Crippen LogP contribution in [0.5, 0.6) is 0 Å². The van der Waals surface area contributed by atoms with E-state index in [1.165, 1.54) is 18.1 Å². The van der Waals surface area contributed by atoms with Gasteiger partial charge < -0.3 is 5.32 Å². The van der Waals surface area contributed by atoms with E-state index >= 15 is 0 Å². The van der Waals surface area contributed by atoms with E-state index in [9.17, 15) is 4.79 Å². The second kappa shape index (κ2) is 19.7. The number of anilines is 1. The number of nitrogens with zero attached hydrogens (tertiary/aromatic N) is 3. The van der Waals surface area contributed by atoms with Crippen molar-refractivity contribution in [1.82, 2.24) is 15.0 Å². The normalized spacial score (nSPS) is 9.47. The lowest BCUT2D eigenvalue weighted by Gasteiger charge is -2.09. The monoisotopic (exact) mass is 492 g/mol. The number of carbonyl (C=O) groups is 1. The van der Waals surface area contributed by atoms with Gasteiger partial charge in [0.1, 0.15) is 5.82 Å². The summed E-state index contributed by atoms with van der Waals surface area (Å²) in [6.07, 6.45) is 9.18. The molecule has 0 aromatic carbocycles. The Morgan fingerprint density at radius 1 is 1.03 bits per heavy atom. The molecule has 3 aromatic heterocycles. The minimum Gasteiger partial charge on any atom is -0.311 e. The lowest BCUT2D eigenvalue weighted by molar-refractivity contribution is -0.114. The molecule has 3 aromatic rings. The third-order valence-electron chi connectivity index (χ3n) is 4.30. The molecular weight excluding hydrogens is 444 g/mol. The smallest absolute Gasteiger partial charge is 0.222 e. The van der Waals surface area contributed by atoms with Crippen molar-refractivity contribution < 1.29 is 6.22 Å². The van der Waals surface area contributed by atoms with Crippen molar-refractivity contribution >= 4 is 22.5 Å². The third-order valence-corrected chi connectivity index (χ3v) is 4.30. The Morgan fingerprint density at radius 2 is 1.61 bits per heavy atom. The molecular formula is C31H48N4O. The van der Waals surface area contributed by atoms with Crippen LogP contribution in [0.15, 0.2) is 73.2 Å². The molecule has 0 bridgehead atoms. The van der Waals surface area contributed by atoms with Gasteiger partial charge in [0, 0.05) is 43.6 Å².